The fraction of sp³-hybridized carbons (Fsp3) is 0.211. The van der Waals surface area contributed by atoms with Crippen molar-refractivity contribution in [2.24, 2.45) is 0 Å². The Morgan fingerprint density at radius 3 is 2.87 bits per heavy atom. The van der Waals surface area contributed by atoms with Gasteiger partial charge in [-0.1, -0.05) is 47.5 Å². The molecule has 0 aliphatic carbocycles. The molecule has 4 heteroatoms. The number of fused-ring (bicyclic) bond motifs is 1. The van der Waals surface area contributed by atoms with E-state index in [9.17, 15) is 4.79 Å². The monoisotopic (exact) mass is 371 g/mol. The van der Waals surface area contributed by atoms with Crippen molar-refractivity contribution in [2.75, 3.05) is 11.9 Å². The van der Waals surface area contributed by atoms with Crippen LogP contribution in [0, 0.1) is 0 Å². The molecule has 2 aromatic rings. The molecule has 0 unspecified atom stereocenters. The van der Waals surface area contributed by atoms with E-state index >= 15 is 0 Å². The molecule has 118 valence electrons. The fourth-order valence-corrected chi connectivity index (χ4v) is 2.91. The average molecular weight is 372 g/mol. The van der Waals surface area contributed by atoms with Gasteiger partial charge in [0, 0.05) is 26.9 Å². The summed E-state index contributed by atoms with van der Waals surface area (Å²) in [5.74, 6) is 0.719. The molecule has 0 aromatic heterocycles. The van der Waals surface area contributed by atoms with Gasteiger partial charge in [0.05, 0.1) is 6.61 Å². The van der Waals surface area contributed by atoms with Crippen LogP contribution in [0.1, 0.15) is 30.9 Å². The van der Waals surface area contributed by atoms with Gasteiger partial charge in [-0.3, -0.25) is 4.79 Å². The smallest absolute Gasteiger partial charge is 0.256 e. The zero-order valence-corrected chi connectivity index (χ0v) is 14.5. The third-order valence-corrected chi connectivity index (χ3v) is 4.23. The summed E-state index contributed by atoms with van der Waals surface area (Å²) in [4.78, 5) is 12.3. The zero-order valence-electron chi connectivity index (χ0n) is 12.9. The number of carbonyl (C=O) groups is 1. The second-order valence-corrected chi connectivity index (χ2v) is 6.36. The van der Waals surface area contributed by atoms with Gasteiger partial charge in [0.25, 0.3) is 5.91 Å². The minimum absolute atomic E-state index is 0.0781. The first kappa shape index (κ1) is 15.8. The SMILES string of the molecule is CCCCOc1ccc(Br)cc1/C=C1\C(=O)Nc2ccccc21. The highest BCUT2D eigenvalue weighted by Gasteiger charge is 2.23. The van der Waals surface area contributed by atoms with Crippen LogP contribution in [-0.2, 0) is 4.79 Å². The number of carbonyl (C=O) groups excluding carboxylic acids is 1. The van der Waals surface area contributed by atoms with Gasteiger partial charge >= 0.3 is 0 Å². The molecule has 1 N–H and O–H groups in total. The van der Waals surface area contributed by atoms with E-state index in [-0.39, 0.29) is 5.91 Å². The molecule has 1 heterocycles. The molecule has 0 fully saturated rings. The predicted molar refractivity (Wildman–Crippen MR) is 97.5 cm³/mol. The summed E-state index contributed by atoms with van der Waals surface area (Å²) >= 11 is 3.49. The Labute approximate surface area is 144 Å². The number of nitrogens with one attached hydrogen (secondary N) is 1. The second-order valence-electron chi connectivity index (χ2n) is 5.44. The van der Waals surface area contributed by atoms with Crippen molar-refractivity contribution in [1.29, 1.82) is 0 Å². The molecule has 0 saturated carbocycles. The number of benzene rings is 2. The molecule has 0 bridgehead atoms. The predicted octanol–water partition coefficient (Wildman–Crippen LogP) is 5.12. The van der Waals surface area contributed by atoms with Crippen molar-refractivity contribution in [3.63, 3.8) is 0 Å². The van der Waals surface area contributed by atoms with Crippen molar-refractivity contribution in [2.45, 2.75) is 19.8 Å². The van der Waals surface area contributed by atoms with E-state index < -0.39 is 0 Å². The molecule has 23 heavy (non-hydrogen) atoms. The van der Waals surface area contributed by atoms with Gasteiger partial charge in [0.15, 0.2) is 0 Å². The van der Waals surface area contributed by atoms with Gasteiger partial charge < -0.3 is 10.1 Å². The lowest BCUT2D eigenvalue weighted by Gasteiger charge is -2.10. The van der Waals surface area contributed by atoms with Crippen LogP contribution in [0.15, 0.2) is 46.9 Å². The fourth-order valence-electron chi connectivity index (χ4n) is 2.53. The number of unbranched alkanes of at least 4 members (excludes halogenated alkanes) is 1. The Morgan fingerprint density at radius 1 is 1.22 bits per heavy atom. The Balaban J connectivity index is 1.98. The lowest BCUT2D eigenvalue weighted by Crippen LogP contribution is -2.04. The summed E-state index contributed by atoms with van der Waals surface area (Å²) in [6.45, 7) is 2.81. The van der Waals surface area contributed by atoms with E-state index in [0.29, 0.717) is 12.2 Å². The summed E-state index contributed by atoms with van der Waals surface area (Å²) < 4.78 is 6.83. The van der Waals surface area contributed by atoms with E-state index in [4.69, 9.17) is 4.74 Å². The first-order valence-electron chi connectivity index (χ1n) is 7.74. The van der Waals surface area contributed by atoms with Crippen molar-refractivity contribution in [1.82, 2.24) is 0 Å². The molecule has 0 atom stereocenters. The molecule has 3 rings (SSSR count). The molecule has 1 aliphatic rings. The number of para-hydroxylation sites is 1. The van der Waals surface area contributed by atoms with Crippen LogP contribution in [-0.4, -0.2) is 12.5 Å². The number of halogens is 1. The Morgan fingerprint density at radius 2 is 2.04 bits per heavy atom. The van der Waals surface area contributed by atoms with Crippen LogP contribution in [0.25, 0.3) is 11.6 Å². The molecule has 0 saturated heterocycles. The Hall–Kier alpha value is -2.07. The number of ether oxygens (including phenoxy) is 1. The summed E-state index contributed by atoms with van der Waals surface area (Å²) in [6, 6.07) is 13.6. The Bertz CT molecular complexity index is 768. The van der Waals surface area contributed by atoms with Crippen LogP contribution < -0.4 is 10.1 Å². The quantitative estimate of drug-likeness (QED) is 0.584. The van der Waals surface area contributed by atoms with E-state index in [1.54, 1.807) is 0 Å². The van der Waals surface area contributed by atoms with Crippen molar-refractivity contribution < 1.29 is 9.53 Å². The molecule has 1 amide bonds. The van der Waals surface area contributed by atoms with Crippen LogP contribution in [0.3, 0.4) is 0 Å². The minimum atomic E-state index is -0.0781. The van der Waals surface area contributed by atoms with E-state index in [0.717, 1.165) is 39.9 Å². The highest BCUT2D eigenvalue weighted by molar-refractivity contribution is 9.10. The average Bonchev–Trinajstić information content (AvgIpc) is 2.86. The summed E-state index contributed by atoms with van der Waals surface area (Å²) in [5.41, 5.74) is 3.35. The lowest BCUT2D eigenvalue weighted by molar-refractivity contribution is -0.110. The third-order valence-electron chi connectivity index (χ3n) is 3.74. The number of hydrogen-bond donors (Lipinski definition) is 1. The maximum absolute atomic E-state index is 12.3. The zero-order chi connectivity index (χ0) is 16.2. The molecule has 2 aromatic carbocycles. The van der Waals surface area contributed by atoms with Crippen molar-refractivity contribution >= 4 is 39.2 Å². The second kappa shape index (κ2) is 7.01. The standard InChI is InChI=1S/C19H18BrNO2/c1-2-3-10-23-18-9-8-14(20)11-13(18)12-16-15-6-4-5-7-17(15)21-19(16)22/h4-9,11-12H,2-3,10H2,1H3,(H,21,22)/b16-12-. The van der Waals surface area contributed by atoms with Gasteiger partial charge in [-0.25, -0.2) is 0 Å². The van der Waals surface area contributed by atoms with Gasteiger partial charge in [0.2, 0.25) is 0 Å². The number of hydrogen-bond acceptors (Lipinski definition) is 2. The molecule has 1 aliphatic heterocycles. The van der Waals surface area contributed by atoms with Crippen LogP contribution in [0.2, 0.25) is 0 Å². The van der Waals surface area contributed by atoms with Crippen molar-refractivity contribution in [3.05, 3.63) is 58.1 Å². The molecular weight excluding hydrogens is 354 g/mol. The van der Waals surface area contributed by atoms with Gasteiger partial charge in [-0.2, -0.15) is 0 Å². The van der Waals surface area contributed by atoms with E-state index in [2.05, 4.69) is 28.2 Å². The highest BCUT2D eigenvalue weighted by Crippen LogP contribution is 2.35. The number of anilines is 1. The maximum Gasteiger partial charge on any atom is 0.256 e. The maximum atomic E-state index is 12.3. The van der Waals surface area contributed by atoms with Gasteiger partial charge in [-0.15, -0.1) is 0 Å². The number of rotatable bonds is 5. The van der Waals surface area contributed by atoms with Gasteiger partial charge in [-0.05, 0) is 36.8 Å². The lowest BCUT2D eigenvalue weighted by atomic mass is 10.0. The third kappa shape index (κ3) is 3.48. The first-order chi connectivity index (χ1) is 11.2. The minimum Gasteiger partial charge on any atom is -0.493 e. The highest BCUT2D eigenvalue weighted by atomic mass is 79.9. The van der Waals surface area contributed by atoms with E-state index in [1.807, 2.05) is 48.5 Å². The molecule has 0 radical (unpaired) electrons. The van der Waals surface area contributed by atoms with Crippen molar-refractivity contribution in [3.8, 4) is 5.75 Å². The summed E-state index contributed by atoms with van der Waals surface area (Å²) in [7, 11) is 0. The first-order valence-corrected chi connectivity index (χ1v) is 8.53. The van der Waals surface area contributed by atoms with Gasteiger partial charge in [0.1, 0.15) is 5.75 Å². The largest absolute Gasteiger partial charge is 0.493 e. The number of amides is 1. The topological polar surface area (TPSA) is 38.3 Å². The summed E-state index contributed by atoms with van der Waals surface area (Å²) in [5, 5.41) is 2.89. The normalized spacial score (nSPS) is 14.7. The summed E-state index contributed by atoms with van der Waals surface area (Å²) in [6.07, 6.45) is 3.99. The van der Waals surface area contributed by atoms with E-state index in [1.165, 1.54) is 0 Å². The van der Waals surface area contributed by atoms with Crippen LogP contribution in [0.4, 0.5) is 5.69 Å². The Kier molecular flexibility index (Phi) is 4.82. The van der Waals surface area contributed by atoms with Crippen LogP contribution >= 0.6 is 15.9 Å². The molecule has 3 nitrogen and oxygen atoms in total. The molecular formula is C19H18BrNO2. The van der Waals surface area contributed by atoms with Crippen LogP contribution in [0.5, 0.6) is 5.75 Å². The molecule has 0 spiro atoms.